The Bertz CT molecular complexity index is 383. The highest BCUT2D eigenvalue weighted by molar-refractivity contribution is 9.10. The smallest absolute Gasteiger partial charge is 0.153 e. The first-order valence-electron chi connectivity index (χ1n) is 5.17. The topological polar surface area (TPSA) is 28.2 Å². The maximum absolute atomic E-state index is 6.06. The predicted molar refractivity (Wildman–Crippen MR) is 73.7 cm³/mol. The molecule has 6 heteroatoms. The van der Waals surface area contributed by atoms with Crippen molar-refractivity contribution < 1.29 is 0 Å². The number of nitrogens with one attached hydrogen (secondary N) is 1. The van der Waals surface area contributed by atoms with E-state index < -0.39 is 0 Å². The molecular formula is C10H13BrClN3S. The molecule has 0 bridgehead atoms. The van der Waals surface area contributed by atoms with Gasteiger partial charge in [0.05, 0.1) is 5.69 Å². The first kappa shape index (κ1) is 12.5. The molecule has 0 saturated carbocycles. The Morgan fingerprint density at radius 1 is 1.50 bits per heavy atom. The van der Waals surface area contributed by atoms with Crippen LogP contribution in [0.4, 0.5) is 5.69 Å². The molecule has 0 amide bonds. The second-order valence-corrected chi connectivity index (χ2v) is 5.84. The molecule has 0 aliphatic carbocycles. The number of anilines is 1. The molecule has 0 atom stereocenters. The van der Waals surface area contributed by atoms with Gasteiger partial charge >= 0.3 is 0 Å². The zero-order valence-corrected chi connectivity index (χ0v) is 12.1. The van der Waals surface area contributed by atoms with Crippen molar-refractivity contribution in [2.45, 2.75) is 19.8 Å². The average molecular weight is 323 g/mol. The van der Waals surface area contributed by atoms with E-state index in [1.807, 2.05) is 6.92 Å². The van der Waals surface area contributed by atoms with Crippen LogP contribution >= 0.6 is 39.7 Å². The fourth-order valence-electron chi connectivity index (χ4n) is 1.56. The van der Waals surface area contributed by atoms with Gasteiger partial charge in [-0.15, -0.1) is 0 Å². The lowest BCUT2D eigenvalue weighted by Crippen LogP contribution is -2.12. The molecule has 1 N–H and O–H groups in total. The summed E-state index contributed by atoms with van der Waals surface area (Å²) < 4.78 is 6.56. The van der Waals surface area contributed by atoms with E-state index in [1.54, 1.807) is 18.3 Å². The van der Waals surface area contributed by atoms with Gasteiger partial charge in [-0.1, -0.05) is 11.6 Å². The van der Waals surface area contributed by atoms with Crippen molar-refractivity contribution in [3.8, 4) is 0 Å². The Hall–Kier alpha value is 0.0300. The zero-order valence-electron chi connectivity index (χ0n) is 8.96. The van der Waals surface area contributed by atoms with Crippen LogP contribution in [0.1, 0.15) is 18.4 Å². The van der Waals surface area contributed by atoms with Crippen LogP contribution in [-0.2, 0) is 0 Å². The molecule has 2 rings (SSSR count). The van der Waals surface area contributed by atoms with E-state index in [9.17, 15) is 0 Å². The highest BCUT2D eigenvalue weighted by Gasteiger charge is 2.14. The second-order valence-electron chi connectivity index (χ2n) is 3.73. The molecule has 3 nitrogen and oxygen atoms in total. The molecule has 2 heterocycles. The van der Waals surface area contributed by atoms with Crippen molar-refractivity contribution >= 4 is 45.4 Å². The lowest BCUT2D eigenvalue weighted by Gasteiger charge is -2.16. The molecule has 1 aliphatic heterocycles. The predicted octanol–water partition coefficient (Wildman–Crippen LogP) is 3.88. The fraction of sp³-hybridized carbons (Fsp3) is 0.500. The van der Waals surface area contributed by atoms with Crippen LogP contribution in [0.3, 0.4) is 0 Å². The first-order valence-corrected chi connectivity index (χ1v) is 7.11. The third-order valence-electron chi connectivity index (χ3n) is 2.57. The lowest BCUT2D eigenvalue weighted by molar-refractivity contribution is 0.589. The molecule has 1 saturated heterocycles. The Labute approximate surface area is 113 Å². The molecular weight excluding hydrogens is 310 g/mol. The quantitative estimate of drug-likeness (QED) is 0.675. The third-order valence-corrected chi connectivity index (χ3v) is 4.58. The molecule has 1 aliphatic rings. The monoisotopic (exact) mass is 321 g/mol. The van der Waals surface area contributed by atoms with Gasteiger partial charge in [-0.3, -0.25) is 0 Å². The lowest BCUT2D eigenvalue weighted by atomic mass is 10.3. The highest BCUT2D eigenvalue weighted by atomic mass is 79.9. The van der Waals surface area contributed by atoms with Gasteiger partial charge in [-0.2, -0.15) is 0 Å². The molecule has 0 aromatic carbocycles. The van der Waals surface area contributed by atoms with E-state index in [4.69, 9.17) is 11.6 Å². The molecule has 0 unspecified atom stereocenters. The Kier molecular flexibility index (Phi) is 4.35. The van der Waals surface area contributed by atoms with Crippen LogP contribution in [-0.4, -0.2) is 22.4 Å². The second kappa shape index (κ2) is 5.58. The molecule has 16 heavy (non-hydrogen) atoms. The number of nitrogens with zero attached hydrogens (tertiary/aromatic N) is 2. The SMILES string of the molecule is Cc1c(Br)cnc(Cl)c1NSN1CCCC1. The summed E-state index contributed by atoms with van der Waals surface area (Å²) in [6.07, 6.45) is 4.28. The normalized spacial score (nSPS) is 16.7. The number of aromatic nitrogens is 1. The van der Waals surface area contributed by atoms with Gasteiger partial charge in [0, 0.05) is 35.9 Å². The van der Waals surface area contributed by atoms with Crippen molar-refractivity contribution in [2.24, 2.45) is 0 Å². The molecule has 1 aromatic rings. The maximum Gasteiger partial charge on any atom is 0.153 e. The summed E-state index contributed by atoms with van der Waals surface area (Å²) in [5, 5.41) is 0.521. The number of pyridine rings is 1. The minimum absolute atomic E-state index is 0.521. The molecule has 1 fully saturated rings. The van der Waals surface area contributed by atoms with Crippen molar-refractivity contribution in [3.63, 3.8) is 0 Å². The van der Waals surface area contributed by atoms with Crippen LogP contribution in [0.2, 0.25) is 5.15 Å². The van der Waals surface area contributed by atoms with Crippen molar-refractivity contribution in [1.29, 1.82) is 0 Å². The summed E-state index contributed by atoms with van der Waals surface area (Å²) in [5.74, 6) is 0. The minimum Gasteiger partial charge on any atom is -0.314 e. The average Bonchev–Trinajstić information content (AvgIpc) is 2.77. The Morgan fingerprint density at radius 2 is 2.19 bits per heavy atom. The third kappa shape index (κ3) is 2.83. The summed E-state index contributed by atoms with van der Waals surface area (Å²) in [6.45, 7) is 4.29. The van der Waals surface area contributed by atoms with Crippen LogP contribution in [0, 0.1) is 6.92 Å². The largest absolute Gasteiger partial charge is 0.314 e. The number of hydrogen-bond donors (Lipinski definition) is 1. The molecule has 0 spiro atoms. The Balaban J connectivity index is 2.05. The van der Waals surface area contributed by atoms with E-state index in [1.165, 1.54) is 12.8 Å². The van der Waals surface area contributed by atoms with Crippen LogP contribution in [0.25, 0.3) is 0 Å². The summed E-state index contributed by atoms with van der Waals surface area (Å²) >= 11 is 11.1. The van der Waals surface area contributed by atoms with E-state index >= 15 is 0 Å². The van der Waals surface area contributed by atoms with E-state index in [-0.39, 0.29) is 0 Å². The van der Waals surface area contributed by atoms with E-state index in [0.717, 1.165) is 28.8 Å². The number of hydrogen-bond acceptors (Lipinski definition) is 4. The van der Waals surface area contributed by atoms with Gasteiger partial charge in [-0.05, 0) is 41.3 Å². The molecule has 88 valence electrons. The van der Waals surface area contributed by atoms with Gasteiger partial charge in [0.1, 0.15) is 0 Å². The van der Waals surface area contributed by atoms with Gasteiger partial charge in [0.25, 0.3) is 0 Å². The van der Waals surface area contributed by atoms with Crippen molar-refractivity contribution in [1.82, 2.24) is 9.29 Å². The summed E-state index contributed by atoms with van der Waals surface area (Å²) in [6, 6.07) is 0. The summed E-state index contributed by atoms with van der Waals surface area (Å²) in [7, 11) is 0. The fourth-order valence-corrected chi connectivity index (χ4v) is 3.06. The molecule has 0 radical (unpaired) electrons. The highest BCUT2D eigenvalue weighted by Crippen LogP contribution is 2.32. The van der Waals surface area contributed by atoms with E-state index in [0.29, 0.717) is 5.15 Å². The van der Waals surface area contributed by atoms with Gasteiger partial charge in [0.15, 0.2) is 5.15 Å². The number of rotatable bonds is 3. The molecule has 1 aromatic heterocycles. The number of halogens is 2. The van der Waals surface area contributed by atoms with Crippen molar-refractivity contribution in [2.75, 3.05) is 17.8 Å². The van der Waals surface area contributed by atoms with Crippen molar-refractivity contribution in [3.05, 3.63) is 21.4 Å². The van der Waals surface area contributed by atoms with Gasteiger partial charge in [-0.25, -0.2) is 9.29 Å². The standard InChI is InChI=1S/C10H13BrClN3S/c1-7-8(11)6-13-10(12)9(7)14-16-15-4-2-3-5-15/h6,14H,2-5H2,1H3. The summed E-state index contributed by atoms with van der Waals surface area (Å²) in [4.78, 5) is 4.11. The van der Waals surface area contributed by atoms with Crippen LogP contribution in [0.15, 0.2) is 10.7 Å². The van der Waals surface area contributed by atoms with Crippen LogP contribution < -0.4 is 4.72 Å². The first-order chi connectivity index (χ1) is 7.68. The van der Waals surface area contributed by atoms with Gasteiger partial charge in [0.2, 0.25) is 0 Å². The maximum atomic E-state index is 6.06. The zero-order chi connectivity index (χ0) is 11.5. The summed E-state index contributed by atoms with van der Waals surface area (Å²) in [5.41, 5.74) is 1.99. The minimum atomic E-state index is 0.521. The Morgan fingerprint density at radius 3 is 2.88 bits per heavy atom. The van der Waals surface area contributed by atoms with E-state index in [2.05, 4.69) is 29.9 Å². The van der Waals surface area contributed by atoms with Gasteiger partial charge < -0.3 is 4.72 Å². The van der Waals surface area contributed by atoms with Crippen LogP contribution in [0.5, 0.6) is 0 Å².